The molecule has 2 aliphatic rings. The van der Waals surface area contributed by atoms with Crippen molar-refractivity contribution in [2.45, 2.75) is 13.3 Å². The molecule has 1 amide bonds. The van der Waals surface area contributed by atoms with Crippen LogP contribution in [0.25, 0.3) is 0 Å². The van der Waals surface area contributed by atoms with Crippen LogP contribution in [0.1, 0.15) is 12.5 Å². The lowest BCUT2D eigenvalue weighted by Gasteiger charge is -2.33. The normalized spacial score (nSPS) is 23.5. The molecule has 0 bridgehead atoms. The van der Waals surface area contributed by atoms with Crippen molar-refractivity contribution in [1.82, 2.24) is 5.32 Å². The first kappa shape index (κ1) is 12.5. The third-order valence-corrected chi connectivity index (χ3v) is 4.18. The summed E-state index contributed by atoms with van der Waals surface area (Å²) in [6.45, 7) is 6.23. The van der Waals surface area contributed by atoms with E-state index in [1.54, 1.807) is 4.90 Å². The highest BCUT2D eigenvalue weighted by Crippen LogP contribution is 2.32. The van der Waals surface area contributed by atoms with Crippen molar-refractivity contribution in [3.05, 3.63) is 23.8 Å². The molecule has 4 nitrogen and oxygen atoms in total. The molecule has 2 heterocycles. The van der Waals surface area contributed by atoms with Gasteiger partial charge in [0.25, 0.3) is 0 Å². The van der Waals surface area contributed by atoms with Crippen LogP contribution in [0.4, 0.5) is 11.4 Å². The fourth-order valence-corrected chi connectivity index (χ4v) is 3.05. The number of carbonyl (C=O) groups is 1. The van der Waals surface area contributed by atoms with Gasteiger partial charge in [-0.25, -0.2) is 0 Å². The van der Waals surface area contributed by atoms with Crippen molar-refractivity contribution in [2.24, 2.45) is 5.92 Å². The molecule has 1 saturated heterocycles. The Bertz CT molecular complexity index is 494. The van der Waals surface area contributed by atoms with Crippen molar-refractivity contribution in [1.29, 1.82) is 0 Å². The number of benzene rings is 1. The number of hydrogen-bond donors (Lipinski definition) is 1. The molecule has 1 atom stereocenters. The van der Waals surface area contributed by atoms with Crippen LogP contribution in [0.2, 0.25) is 0 Å². The van der Waals surface area contributed by atoms with Gasteiger partial charge in [0, 0.05) is 50.5 Å². The summed E-state index contributed by atoms with van der Waals surface area (Å²) in [6, 6.07) is 6.50. The zero-order valence-corrected chi connectivity index (χ0v) is 11.6. The minimum Gasteiger partial charge on any atom is -0.369 e. The standard InChI is InChI=1S/C15H21N3O/c1-11-9-12-10-13(18-7-5-16-6-8-18)3-4-14(12)17(2)15(11)19/h3-4,10-11,16H,5-9H2,1-2H3/t11-/m0/s1. The number of fused-ring (bicyclic) bond motifs is 1. The summed E-state index contributed by atoms with van der Waals surface area (Å²) < 4.78 is 0. The van der Waals surface area contributed by atoms with Gasteiger partial charge >= 0.3 is 0 Å². The van der Waals surface area contributed by atoms with E-state index in [1.807, 2.05) is 14.0 Å². The van der Waals surface area contributed by atoms with E-state index in [-0.39, 0.29) is 11.8 Å². The molecule has 1 aromatic carbocycles. The van der Waals surface area contributed by atoms with Gasteiger partial charge in [-0.1, -0.05) is 6.92 Å². The Morgan fingerprint density at radius 1 is 1.26 bits per heavy atom. The molecule has 102 valence electrons. The summed E-state index contributed by atoms with van der Waals surface area (Å²) in [6.07, 6.45) is 0.860. The van der Waals surface area contributed by atoms with Gasteiger partial charge in [-0.15, -0.1) is 0 Å². The van der Waals surface area contributed by atoms with Gasteiger partial charge in [-0.3, -0.25) is 4.79 Å². The lowest BCUT2D eigenvalue weighted by atomic mass is 9.93. The van der Waals surface area contributed by atoms with E-state index in [9.17, 15) is 4.79 Å². The minimum atomic E-state index is 0.0933. The van der Waals surface area contributed by atoms with E-state index in [0.717, 1.165) is 38.3 Å². The minimum absolute atomic E-state index is 0.0933. The van der Waals surface area contributed by atoms with Crippen LogP contribution in [0.5, 0.6) is 0 Å². The number of carbonyl (C=O) groups excluding carboxylic acids is 1. The predicted octanol–water partition coefficient (Wildman–Crippen LogP) is 1.25. The first-order valence-electron chi connectivity index (χ1n) is 7.03. The van der Waals surface area contributed by atoms with Crippen molar-refractivity contribution in [3.8, 4) is 0 Å². The molecule has 0 saturated carbocycles. The molecule has 19 heavy (non-hydrogen) atoms. The van der Waals surface area contributed by atoms with Gasteiger partial charge in [0.05, 0.1) is 0 Å². The summed E-state index contributed by atoms with van der Waals surface area (Å²) in [7, 11) is 1.88. The zero-order valence-electron chi connectivity index (χ0n) is 11.6. The molecule has 2 aliphatic heterocycles. The highest BCUT2D eigenvalue weighted by atomic mass is 16.2. The van der Waals surface area contributed by atoms with Crippen molar-refractivity contribution in [2.75, 3.05) is 43.0 Å². The molecule has 0 radical (unpaired) electrons. The first-order chi connectivity index (χ1) is 9.16. The second-order valence-electron chi connectivity index (χ2n) is 5.55. The number of nitrogens with zero attached hydrogens (tertiary/aromatic N) is 2. The summed E-state index contributed by atoms with van der Waals surface area (Å²) in [5.74, 6) is 0.318. The molecule has 0 unspecified atom stereocenters. The summed E-state index contributed by atoms with van der Waals surface area (Å²) in [4.78, 5) is 16.2. The molecule has 0 aromatic heterocycles. The fraction of sp³-hybridized carbons (Fsp3) is 0.533. The molecule has 1 N–H and O–H groups in total. The summed E-state index contributed by atoms with van der Waals surface area (Å²) in [5.41, 5.74) is 3.66. The van der Waals surface area contributed by atoms with Crippen LogP contribution >= 0.6 is 0 Å². The Balaban J connectivity index is 1.91. The van der Waals surface area contributed by atoms with E-state index in [0.29, 0.717) is 0 Å². The Morgan fingerprint density at radius 3 is 2.74 bits per heavy atom. The van der Waals surface area contributed by atoms with E-state index in [1.165, 1.54) is 11.3 Å². The average molecular weight is 259 g/mol. The third kappa shape index (κ3) is 2.21. The molecule has 0 spiro atoms. The van der Waals surface area contributed by atoms with E-state index < -0.39 is 0 Å². The maximum Gasteiger partial charge on any atom is 0.229 e. The number of amides is 1. The Morgan fingerprint density at radius 2 is 2.00 bits per heavy atom. The van der Waals surface area contributed by atoms with Crippen molar-refractivity contribution in [3.63, 3.8) is 0 Å². The van der Waals surface area contributed by atoms with Gasteiger partial charge in [0.2, 0.25) is 5.91 Å². The highest BCUT2D eigenvalue weighted by Gasteiger charge is 2.27. The first-order valence-corrected chi connectivity index (χ1v) is 7.03. The second kappa shape index (κ2) is 4.85. The number of piperazine rings is 1. The predicted molar refractivity (Wildman–Crippen MR) is 77.8 cm³/mol. The molecule has 1 fully saturated rings. The average Bonchev–Trinajstić information content (AvgIpc) is 2.45. The maximum atomic E-state index is 12.0. The van der Waals surface area contributed by atoms with Crippen molar-refractivity contribution >= 4 is 17.3 Å². The topological polar surface area (TPSA) is 35.6 Å². The molecule has 4 heteroatoms. The van der Waals surface area contributed by atoms with Crippen molar-refractivity contribution < 1.29 is 4.79 Å². The molecule has 3 rings (SSSR count). The lowest BCUT2D eigenvalue weighted by Crippen LogP contribution is -2.43. The number of rotatable bonds is 1. The molecular weight excluding hydrogens is 238 g/mol. The fourth-order valence-electron chi connectivity index (χ4n) is 3.05. The number of nitrogens with one attached hydrogen (secondary N) is 1. The van der Waals surface area contributed by atoms with Crippen LogP contribution < -0.4 is 15.1 Å². The largest absolute Gasteiger partial charge is 0.369 e. The van der Waals surface area contributed by atoms with Crippen LogP contribution in [-0.4, -0.2) is 39.1 Å². The smallest absolute Gasteiger partial charge is 0.229 e. The Hall–Kier alpha value is -1.55. The van der Waals surface area contributed by atoms with Crippen LogP contribution in [-0.2, 0) is 11.2 Å². The van der Waals surface area contributed by atoms with E-state index in [2.05, 4.69) is 28.4 Å². The van der Waals surface area contributed by atoms with E-state index >= 15 is 0 Å². The molecule has 0 aliphatic carbocycles. The van der Waals surface area contributed by atoms with Crippen LogP contribution in [0.3, 0.4) is 0 Å². The van der Waals surface area contributed by atoms with Gasteiger partial charge in [-0.05, 0) is 30.2 Å². The highest BCUT2D eigenvalue weighted by molar-refractivity contribution is 5.97. The zero-order chi connectivity index (χ0) is 13.4. The third-order valence-electron chi connectivity index (χ3n) is 4.18. The quantitative estimate of drug-likeness (QED) is 0.824. The second-order valence-corrected chi connectivity index (χ2v) is 5.55. The summed E-state index contributed by atoms with van der Waals surface area (Å²) >= 11 is 0. The molecular formula is C15H21N3O. The number of hydrogen-bond acceptors (Lipinski definition) is 3. The van der Waals surface area contributed by atoms with Gasteiger partial charge in [-0.2, -0.15) is 0 Å². The maximum absolute atomic E-state index is 12.0. The van der Waals surface area contributed by atoms with E-state index in [4.69, 9.17) is 0 Å². The van der Waals surface area contributed by atoms with Crippen LogP contribution in [0.15, 0.2) is 18.2 Å². The lowest BCUT2D eigenvalue weighted by molar-refractivity contribution is -0.121. The number of anilines is 2. The SMILES string of the molecule is C[C@H]1Cc2cc(N3CCNCC3)ccc2N(C)C1=O. The van der Waals surface area contributed by atoms with Gasteiger partial charge in [0.1, 0.15) is 0 Å². The monoisotopic (exact) mass is 259 g/mol. The van der Waals surface area contributed by atoms with Crippen LogP contribution in [0, 0.1) is 5.92 Å². The van der Waals surface area contributed by atoms with Gasteiger partial charge < -0.3 is 15.1 Å². The molecule has 1 aromatic rings. The Labute approximate surface area is 114 Å². The Kier molecular flexibility index (Phi) is 3.19. The van der Waals surface area contributed by atoms with Gasteiger partial charge in [0.15, 0.2) is 0 Å². The summed E-state index contributed by atoms with van der Waals surface area (Å²) in [5, 5.41) is 3.37.